The molecule has 1 amide bonds. The van der Waals surface area contributed by atoms with Gasteiger partial charge in [-0.1, -0.05) is 67.1 Å². The van der Waals surface area contributed by atoms with Crippen LogP contribution in [0.5, 0.6) is 0 Å². The Morgan fingerprint density at radius 1 is 0.917 bits per heavy atom. The van der Waals surface area contributed by atoms with Gasteiger partial charge in [0.05, 0.1) is 6.04 Å². The minimum absolute atomic E-state index is 0.0295. The first kappa shape index (κ1) is 18.2. The van der Waals surface area contributed by atoms with Crippen LogP contribution >= 0.6 is 0 Å². The molecular weight excluding hydrogens is 296 g/mol. The maximum absolute atomic E-state index is 12.3. The van der Waals surface area contributed by atoms with Crippen molar-refractivity contribution in [2.75, 3.05) is 13.6 Å². The molecule has 1 atom stereocenters. The normalized spacial score (nSPS) is 11.9. The van der Waals surface area contributed by atoms with E-state index in [2.05, 4.69) is 24.3 Å². The third-order valence-electron chi connectivity index (χ3n) is 4.29. The number of hydrogen-bond donors (Lipinski definition) is 1. The molecule has 0 fully saturated rings. The van der Waals surface area contributed by atoms with Gasteiger partial charge in [-0.05, 0) is 36.8 Å². The summed E-state index contributed by atoms with van der Waals surface area (Å²) in [5.41, 5.74) is 8.55. The Morgan fingerprint density at radius 2 is 1.50 bits per heavy atom. The molecule has 0 aliphatic rings. The highest BCUT2D eigenvalue weighted by Gasteiger charge is 2.17. The van der Waals surface area contributed by atoms with Crippen LogP contribution in [0, 0.1) is 0 Å². The first-order chi connectivity index (χ1) is 11.7. The van der Waals surface area contributed by atoms with Crippen molar-refractivity contribution >= 4 is 5.91 Å². The SMILES string of the molecule is CN(CCCCCc1ccccc1)C(=O)[C@H](N)Cc1ccccc1. The van der Waals surface area contributed by atoms with Crippen LogP contribution in [0.15, 0.2) is 60.7 Å². The average molecular weight is 324 g/mol. The Kier molecular flexibility index (Phi) is 7.50. The zero-order chi connectivity index (χ0) is 17.2. The molecule has 3 nitrogen and oxygen atoms in total. The van der Waals surface area contributed by atoms with Crippen LogP contribution in [0.4, 0.5) is 0 Å². The molecule has 128 valence electrons. The molecule has 0 aliphatic carbocycles. The lowest BCUT2D eigenvalue weighted by Crippen LogP contribution is -2.43. The predicted octanol–water partition coefficient (Wildman–Crippen LogP) is 3.43. The highest BCUT2D eigenvalue weighted by molar-refractivity contribution is 5.81. The highest BCUT2D eigenvalue weighted by atomic mass is 16.2. The summed E-state index contributed by atoms with van der Waals surface area (Å²) >= 11 is 0. The Morgan fingerprint density at radius 3 is 2.12 bits per heavy atom. The molecule has 3 heteroatoms. The molecule has 0 spiro atoms. The van der Waals surface area contributed by atoms with Crippen molar-refractivity contribution in [3.63, 3.8) is 0 Å². The maximum atomic E-state index is 12.3. The van der Waals surface area contributed by atoms with Crippen LogP contribution in [0.3, 0.4) is 0 Å². The summed E-state index contributed by atoms with van der Waals surface area (Å²) in [6, 6.07) is 20.0. The molecule has 2 rings (SSSR count). The van der Waals surface area contributed by atoms with E-state index in [1.54, 1.807) is 4.90 Å². The van der Waals surface area contributed by atoms with Crippen molar-refractivity contribution in [3.8, 4) is 0 Å². The quantitative estimate of drug-likeness (QED) is 0.718. The van der Waals surface area contributed by atoms with Gasteiger partial charge in [0, 0.05) is 13.6 Å². The van der Waals surface area contributed by atoms with E-state index in [0.717, 1.165) is 37.8 Å². The molecule has 0 aliphatic heterocycles. The van der Waals surface area contributed by atoms with E-state index in [1.807, 2.05) is 43.4 Å². The summed E-state index contributed by atoms with van der Waals surface area (Å²) in [5, 5.41) is 0. The van der Waals surface area contributed by atoms with E-state index in [1.165, 1.54) is 5.56 Å². The van der Waals surface area contributed by atoms with Crippen LogP contribution in [0.2, 0.25) is 0 Å². The van der Waals surface area contributed by atoms with Crippen molar-refractivity contribution in [2.45, 2.75) is 38.1 Å². The fraction of sp³-hybridized carbons (Fsp3) is 0.381. The molecule has 2 N–H and O–H groups in total. The lowest BCUT2D eigenvalue weighted by Gasteiger charge is -2.21. The van der Waals surface area contributed by atoms with Crippen molar-refractivity contribution in [2.24, 2.45) is 5.73 Å². The number of aryl methyl sites for hydroxylation is 1. The topological polar surface area (TPSA) is 46.3 Å². The number of benzene rings is 2. The number of likely N-dealkylation sites (N-methyl/N-ethyl adjacent to an activating group) is 1. The molecule has 24 heavy (non-hydrogen) atoms. The van der Waals surface area contributed by atoms with E-state index < -0.39 is 6.04 Å². The molecule has 0 heterocycles. The molecule has 0 aromatic heterocycles. The van der Waals surface area contributed by atoms with Crippen LogP contribution in [-0.2, 0) is 17.6 Å². The van der Waals surface area contributed by atoms with Crippen molar-refractivity contribution in [3.05, 3.63) is 71.8 Å². The van der Waals surface area contributed by atoms with Gasteiger partial charge in [-0.2, -0.15) is 0 Å². The van der Waals surface area contributed by atoms with Gasteiger partial charge in [-0.15, -0.1) is 0 Å². The first-order valence-corrected chi connectivity index (χ1v) is 8.75. The van der Waals surface area contributed by atoms with Gasteiger partial charge in [-0.25, -0.2) is 0 Å². The van der Waals surface area contributed by atoms with Crippen molar-refractivity contribution in [1.82, 2.24) is 4.90 Å². The Balaban J connectivity index is 1.64. The van der Waals surface area contributed by atoms with Crippen LogP contribution in [0.1, 0.15) is 30.4 Å². The second-order valence-electron chi connectivity index (χ2n) is 6.35. The number of hydrogen-bond acceptors (Lipinski definition) is 2. The largest absolute Gasteiger partial charge is 0.344 e. The molecule has 0 bridgehead atoms. The third kappa shape index (κ3) is 6.17. The van der Waals surface area contributed by atoms with Crippen LogP contribution in [0.25, 0.3) is 0 Å². The fourth-order valence-electron chi connectivity index (χ4n) is 2.85. The standard InChI is InChI=1S/C21H28N2O/c1-23(16-10-4-9-13-18-11-5-2-6-12-18)21(24)20(22)17-19-14-7-3-8-15-19/h2-3,5-8,11-12,14-15,20H,4,9-10,13,16-17,22H2,1H3/t20-/m1/s1. The summed E-state index contributed by atoms with van der Waals surface area (Å²) in [5.74, 6) is 0.0295. The molecule has 2 aromatic rings. The third-order valence-corrected chi connectivity index (χ3v) is 4.29. The molecule has 2 aromatic carbocycles. The van der Waals surface area contributed by atoms with Crippen molar-refractivity contribution < 1.29 is 4.79 Å². The molecule has 0 radical (unpaired) electrons. The average Bonchev–Trinajstić information content (AvgIpc) is 2.62. The number of amides is 1. The van der Waals surface area contributed by atoms with Crippen molar-refractivity contribution in [1.29, 1.82) is 0 Å². The zero-order valence-electron chi connectivity index (χ0n) is 14.5. The van der Waals surface area contributed by atoms with E-state index in [4.69, 9.17) is 5.73 Å². The second-order valence-corrected chi connectivity index (χ2v) is 6.35. The minimum atomic E-state index is -0.457. The van der Waals surface area contributed by atoms with Gasteiger partial charge in [0.25, 0.3) is 0 Å². The second kappa shape index (κ2) is 9.89. The number of carbonyl (C=O) groups is 1. The number of carbonyl (C=O) groups excluding carboxylic acids is 1. The van der Waals surface area contributed by atoms with Crippen LogP contribution < -0.4 is 5.73 Å². The zero-order valence-corrected chi connectivity index (χ0v) is 14.5. The summed E-state index contributed by atoms with van der Waals surface area (Å²) < 4.78 is 0. The number of rotatable bonds is 9. The molecule has 0 saturated heterocycles. The first-order valence-electron chi connectivity index (χ1n) is 8.75. The molecule has 0 unspecified atom stereocenters. The Bertz CT molecular complexity index is 598. The summed E-state index contributed by atoms with van der Waals surface area (Å²) in [6.07, 6.45) is 5.00. The summed E-state index contributed by atoms with van der Waals surface area (Å²) in [6.45, 7) is 0.774. The van der Waals surface area contributed by atoms with Crippen LogP contribution in [-0.4, -0.2) is 30.4 Å². The van der Waals surface area contributed by atoms with E-state index in [-0.39, 0.29) is 5.91 Å². The predicted molar refractivity (Wildman–Crippen MR) is 99.8 cm³/mol. The van der Waals surface area contributed by atoms with Gasteiger partial charge >= 0.3 is 0 Å². The van der Waals surface area contributed by atoms with Gasteiger partial charge < -0.3 is 10.6 Å². The lowest BCUT2D eigenvalue weighted by atomic mass is 10.1. The molecule has 0 saturated carbocycles. The monoisotopic (exact) mass is 324 g/mol. The summed E-state index contributed by atoms with van der Waals surface area (Å²) in [4.78, 5) is 14.1. The fourth-order valence-corrected chi connectivity index (χ4v) is 2.85. The summed E-state index contributed by atoms with van der Waals surface area (Å²) in [7, 11) is 1.85. The number of nitrogens with two attached hydrogens (primary N) is 1. The lowest BCUT2D eigenvalue weighted by molar-refractivity contribution is -0.131. The van der Waals surface area contributed by atoms with E-state index in [9.17, 15) is 4.79 Å². The highest BCUT2D eigenvalue weighted by Crippen LogP contribution is 2.08. The van der Waals surface area contributed by atoms with E-state index in [0.29, 0.717) is 6.42 Å². The van der Waals surface area contributed by atoms with E-state index >= 15 is 0 Å². The van der Waals surface area contributed by atoms with Gasteiger partial charge in [0.2, 0.25) is 5.91 Å². The van der Waals surface area contributed by atoms with Gasteiger partial charge in [0.1, 0.15) is 0 Å². The Labute approximate surface area is 145 Å². The smallest absolute Gasteiger partial charge is 0.239 e. The minimum Gasteiger partial charge on any atom is -0.344 e. The Hall–Kier alpha value is -2.13. The molecular formula is C21H28N2O. The van der Waals surface area contributed by atoms with Gasteiger partial charge in [0.15, 0.2) is 0 Å². The van der Waals surface area contributed by atoms with Gasteiger partial charge in [-0.3, -0.25) is 4.79 Å². The number of unbranched alkanes of at least 4 members (excludes halogenated alkanes) is 2. The number of nitrogens with zero attached hydrogens (tertiary/aromatic N) is 1. The maximum Gasteiger partial charge on any atom is 0.239 e.